The molecule has 1 aromatic heterocycles. The van der Waals surface area contributed by atoms with Crippen LogP contribution in [-0.2, 0) is 6.42 Å². The fraction of sp³-hybridized carbons (Fsp3) is 0.143. The number of hydrogen-bond donors (Lipinski definition) is 0. The molecule has 0 spiro atoms. The van der Waals surface area contributed by atoms with Crippen molar-refractivity contribution < 1.29 is 14.7 Å². The van der Waals surface area contributed by atoms with Crippen molar-refractivity contribution in [2.24, 2.45) is 0 Å². The summed E-state index contributed by atoms with van der Waals surface area (Å²) < 4.78 is 0. The summed E-state index contributed by atoms with van der Waals surface area (Å²) in [6, 6.07) is 8.68. The maximum absolute atomic E-state index is 12.4. The third-order valence-corrected chi connectivity index (χ3v) is 3.61. The second-order valence-electron chi connectivity index (χ2n) is 5.03. The van der Waals surface area contributed by atoms with Crippen molar-refractivity contribution in [2.45, 2.75) is 13.3 Å². The first-order valence-corrected chi connectivity index (χ1v) is 6.97. The molecular formula is C14H11N5O5. The minimum absolute atomic E-state index is 0.208. The Kier molecular flexibility index (Phi) is 3.56. The molecule has 122 valence electrons. The summed E-state index contributed by atoms with van der Waals surface area (Å²) in [6.45, 7) is 1.98. The highest BCUT2D eigenvalue weighted by Crippen LogP contribution is 2.28. The van der Waals surface area contributed by atoms with Crippen molar-refractivity contribution in [3.05, 3.63) is 67.4 Å². The van der Waals surface area contributed by atoms with Crippen LogP contribution in [0, 0.1) is 25.4 Å². The molecule has 0 fully saturated rings. The predicted molar refractivity (Wildman–Crippen MR) is 82.7 cm³/mol. The normalized spacial score (nSPS) is 10.9. The van der Waals surface area contributed by atoms with Crippen LogP contribution in [0.15, 0.2) is 36.4 Å². The second kappa shape index (κ2) is 5.57. The lowest BCUT2D eigenvalue weighted by molar-refractivity contribution is -0.664. The fourth-order valence-electron chi connectivity index (χ4n) is 2.35. The van der Waals surface area contributed by atoms with Gasteiger partial charge in [-0.2, -0.15) is 0 Å². The molecule has 0 aliphatic carbocycles. The molecule has 3 aromatic rings. The van der Waals surface area contributed by atoms with Crippen molar-refractivity contribution in [2.75, 3.05) is 0 Å². The first kappa shape index (κ1) is 15.3. The van der Waals surface area contributed by atoms with E-state index in [9.17, 15) is 25.4 Å². The molecule has 0 bridgehead atoms. The van der Waals surface area contributed by atoms with Crippen LogP contribution in [0.1, 0.15) is 12.5 Å². The van der Waals surface area contributed by atoms with Gasteiger partial charge in [-0.1, -0.05) is 19.1 Å². The standard InChI is InChI=1S/C14H11N5O5/c1-2-9-3-5-10(6-4-9)16-15-14-12(17(16)20)7-11(18(21)22)8-13(14)19(23)24/h3-8H,2H2,1H3. The maximum atomic E-state index is 12.4. The molecule has 0 unspecified atom stereocenters. The average molecular weight is 329 g/mol. The molecule has 2 aromatic carbocycles. The van der Waals surface area contributed by atoms with E-state index in [1.807, 2.05) is 6.92 Å². The molecule has 0 aliphatic heterocycles. The number of non-ortho nitro benzene ring substituents is 2. The largest absolute Gasteiger partial charge is 0.692 e. The Balaban J connectivity index is 2.27. The molecule has 0 N–H and O–H groups in total. The van der Waals surface area contributed by atoms with E-state index in [4.69, 9.17) is 0 Å². The van der Waals surface area contributed by atoms with Gasteiger partial charge in [-0.3, -0.25) is 20.2 Å². The number of nitrogens with zero attached hydrogens (tertiary/aromatic N) is 5. The number of nitro groups is 2. The molecule has 1 heterocycles. The van der Waals surface area contributed by atoms with Gasteiger partial charge in [-0.05, 0) is 28.9 Å². The zero-order valence-electron chi connectivity index (χ0n) is 12.4. The van der Waals surface area contributed by atoms with Crippen molar-refractivity contribution in [3.63, 3.8) is 0 Å². The van der Waals surface area contributed by atoms with Gasteiger partial charge in [0.25, 0.3) is 5.69 Å². The van der Waals surface area contributed by atoms with Gasteiger partial charge in [0.1, 0.15) is 5.69 Å². The van der Waals surface area contributed by atoms with Crippen LogP contribution < -0.4 is 4.85 Å². The molecule has 0 aliphatic rings. The smallest absolute Gasteiger partial charge is 0.334 e. The third-order valence-electron chi connectivity index (χ3n) is 3.61. The van der Waals surface area contributed by atoms with E-state index >= 15 is 0 Å². The Hall–Kier alpha value is -3.56. The van der Waals surface area contributed by atoms with Gasteiger partial charge in [0.2, 0.25) is 5.52 Å². The second-order valence-corrected chi connectivity index (χ2v) is 5.03. The quantitative estimate of drug-likeness (QED) is 0.311. The molecule has 10 nitrogen and oxygen atoms in total. The van der Waals surface area contributed by atoms with Crippen LogP contribution in [0.2, 0.25) is 0 Å². The summed E-state index contributed by atoms with van der Waals surface area (Å²) >= 11 is 0. The van der Waals surface area contributed by atoms with Gasteiger partial charge < -0.3 is 5.21 Å². The zero-order chi connectivity index (χ0) is 17.4. The topological polar surface area (TPSA) is 131 Å². The summed E-state index contributed by atoms with van der Waals surface area (Å²) in [6.07, 6.45) is 0.816. The summed E-state index contributed by atoms with van der Waals surface area (Å²) in [5.74, 6) is 0. The SMILES string of the molecule is CCc1ccc(-n2nc3c([N+](=O)[O-])cc([N+](=O)[O-])cc3[n+]2[O-])cc1. The monoisotopic (exact) mass is 329 g/mol. The van der Waals surface area contributed by atoms with Crippen LogP contribution in [-0.4, -0.2) is 19.7 Å². The average Bonchev–Trinajstić information content (AvgIpc) is 2.91. The predicted octanol–water partition coefficient (Wildman–Crippen LogP) is 2.04. The van der Waals surface area contributed by atoms with E-state index in [1.54, 1.807) is 24.3 Å². The van der Waals surface area contributed by atoms with Crippen LogP contribution in [0.25, 0.3) is 16.7 Å². The number of hydrogen-bond acceptors (Lipinski definition) is 6. The molecule has 3 rings (SSSR count). The molecule has 0 radical (unpaired) electrons. The minimum atomic E-state index is -0.799. The Bertz CT molecular complexity index is 964. The summed E-state index contributed by atoms with van der Waals surface area (Å²) in [5, 5.41) is 38.4. The molecule has 0 atom stereocenters. The lowest BCUT2D eigenvalue weighted by atomic mass is 10.2. The third kappa shape index (κ3) is 2.39. The highest BCUT2D eigenvalue weighted by Gasteiger charge is 2.30. The Morgan fingerprint density at radius 3 is 2.33 bits per heavy atom. The molecule has 24 heavy (non-hydrogen) atoms. The highest BCUT2D eigenvalue weighted by atomic mass is 16.6. The molecule has 10 heteroatoms. The van der Waals surface area contributed by atoms with Crippen molar-refractivity contribution in [1.29, 1.82) is 0 Å². The Labute approximate surface area is 134 Å². The van der Waals surface area contributed by atoms with Gasteiger partial charge in [0, 0.05) is 0 Å². The van der Waals surface area contributed by atoms with E-state index in [0.29, 0.717) is 10.5 Å². The molecule has 0 saturated heterocycles. The first-order chi connectivity index (χ1) is 11.4. The van der Waals surface area contributed by atoms with Gasteiger partial charge in [-0.25, -0.2) is 0 Å². The highest BCUT2D eigenvalue weighted by molar-refractivity contribution is 5.84. The van der Waals surface area contributed by atoms with E-state index in [-0.39, 0.29) is 11.0 Å². The van der Waals surface area contributed by atoms with E-state index in [1.165, 1.54) is 0 Å². The van der Waals surface area contributed by atoms with Crippen LogP contribution >= 0.6 is 0 Å². The van der Waals surface area contributed by atoms with Gasteiger partial charge in [0.05, 0.1) is 27.1 Å². The van der Waals surface area contributed by atoms with Crippen molar-refractivity contribution in [1.82, 2.24) is 9.90 Å². The lowest BCUT2D eigenvalue weighted by Crippen LogP contribution is -2.37. The number of fused-ring (bicyclic) bond motifs is 1. The first-order valence-electron chi connectivity index (χ1n) is 6.97. The molecular weight excluding hydrogens is 318 g/mol. The van der Waals surface area contributed by atoms with E-state index in [0.717, 1.165) is 28.9 Å². The molecule has 0 amide bonds. The van der Waals surface area contributed by atoms with Crippen molar-refractivity contribution >= 4 is 22.4 Å². The Morgan fingerprint density at radius 2 is 1.79 bits per heavy atom. The lowest BCUT2D eigenvalue weighted by Gasteiger charge is -2.04. The van der Waals surface area contributed by atoms with Gasteiger partial charge in [0.15, 0.2) is 0 Å². The summed E-state index contributed by atoms with van der Waals surface area (Å²) in [7, 11) is 0. The van der Waals surface area contributed by atoms with Gasteiger partial charge >= 0.3 is 11.2 Å². The molecule has 0 saturated carbocycles. The van der Waals surface area contributed by atoms with Gasteiger partial charge in [-0.15, -0.1) is 4.85 Å². The van der Waals surface area contributed by atoms with Crippen molar-refractivity contribution in [3.8, 4) is 5.69 Å². The number of aryl methyl sites for hydroxylation is 1. The number of benzene rings is 2. The fourth-order valence-corrected chi connectivity index (χ4v) is 2.35. The minimum Gasteiger partial charge on any atom is -0.692 e. The Morgan fingerprint density at radius 1 is 1.12 bits per heavy atom. The van der Waals surface area contributed by atoms with Crippen LogP contribution in [0.4, 0.5) is 11.4 Å². The van der Waals surface area contributed by atoms with Crippen LogP contribution in [0.3, 0.4) is 0 Å². The zero-order valence-corrected chi connectivity index (χ0v) is 12.4. The number of aromatic nitrogens is 3. The van der Waals surface area contributed by atoms with E-state index < -0.39 is 21.2 Å². The number of nitro benzene ring substituents is 2. The maximum Gasteiger partial charge on any atom is 0.334 e. The number of rotatable bonds is 4. The summed E-state index contributed by atoms with van der Waals surface area (Å²) in [5.41, 5.74) is -0.132. The summed E-state index contributed by atoms with van der Waals surface area (Å²) in [4.78, 5) is 21.7. The van der Waals surface area contributed by atoms with E-state index in [2.05, 4.69) is 5.10 Å². The van der Waals surface area contributed by atoms with Crippen LogP contribution in [0.5, 0.6) is 0 Å².